The molecule has 2 rings (SSSR count). The second-order valence-corrected chi connectivity index (χ2v) is 5.66. The Bertz CT molecular complexity index is 206. The SMILES string of the molecule is COCC1CCN(CC(C)CNC2CC2)C1. The number of ether oxygens (including phenoxy) is 1. The second kappa shape index (κ2) is 5.99. The lowest BCUT2D eigenvalue weighted by Gasteiger charge is -2.21. The average Bonchev–Trinajstić information content (AvgIpc) is 2.99. The first-order valence-electron chi connectivity index (χ1n) is 6.72. The van der Waals surface area contributed by atoms with Gasteiger partial charge in [0.2, 0.25) is 0 Å². The quantitative estimate of drug-likeness (QED) is 0.709. The summed E-state index contributed by atoms with van der Waals surface area (Å²) in [5.74, 6) is 1.55. The Kier molecular flexibility index (Phi) is 4.62. The molecule has 1 aliphatic heterocycles. The molecule has 3 nitrogen and oxygen atoms in total. The molecule has 1 N–H and O–H groups in total. The number of hydrogen-bond acceptors (Lipinski definition) is 3. The number of nitrogens with one attached hydrogen (secondary N) is 1. The maximum Gasteiger partial charge on any atom is 0.0503 e. The molecule has 1 heterocycles. The smallest absolute Gasteiger partial charge is 0.0503 e. The normalized spacial score (nSPS) is 28.5. The van der Waals surface area contributed by atoms with Crippen molar-refractivity contribution in [3.8, 4) is 0 Å². The minimum atomic E-state index is 0.772. The number of likely N-dealkylation sites (tertiary alicyclic amines) is 1. The van der Waals surface area contributed by atoms with E-state index in [1.165, 1.54) is 45.4 Å². The molecular weight excluding hydrogens is 200 g/mol. The van der Waals surface area contributed by atoms with E-state index in [1.807, 2.05) is 7.11 Å². The van der Waals surface area contributed by atoms with E-state index in [1.54, 1.807) is 0 Å². The predicted octanol–water partition coefficient (Wildman–Crippen LogP) is 1.34. The van der Waals surface area contributed by atoms with Crippen molar-refractivity contribution in [2.75, 3.05) is 39.9 Å². The summed E-state index contributed by atoms with van der Waals surface area (Å²) in [7, 11) is 1.81. The third-order valence-corrected chi connectivity index (χ3v) is 3.67. The van der Waals surface area contributed by atoms with E-state index < -0.39 is 0 Å². The number of nitrogens with zero attached hydrogens (tertiary/aromatic N) is 1. The summed E-state index contributed by atoms with van der Waals surface area (Å²) in [6.45, 7) is 8.24. The van der Waals surface area contributed by atoms with Gasteiger partial charge in [0, 0.05) is 26.2 Å². The van der Waals surface area contributed by atoms with Crippen LogP contribution < -0.4 is 5.32 Å². The molecule has 2 atom stereocenters. The molecule has 0 spiro atoms. The molecule has 2 unspecified atom stereocenters. The molecule has 0 aromatic rings. The maximum atomic E-state index is 5.23. The van der Waals surface area contributed by atoms with Crippen molar-refractivity contribution in [1.82, 2.24) is 10.2 Å². The molecule has 0 radical (unpaired) electrons. The van der Waals surface area contributed by atoms with Crippen molar-refractivity contribution in [1.29, 1.82) is 0 Å². The maximum absolute atomic E-state index is 5.23. The molecule has 1 saturated heterocycles. The standard InChI is InChI=1S/C13H26N2O/c1-11(7-14-13-3-4-13)8-15-6-5-12(9-15)10-16-2/h11-14H,3-10H2,1-2H3. The first kappa shape index (κ1) is 12.3. The van der Waals surface area contributed by atoms with Crippen LogP contribution in [0, 0.1) is 11.8 Å². The van der Waals surface area contributed by atoms with Gasteiger partial charge in [0.05, 0.1) is 6.61 Å². The van der Waals surface area contributed by atoms with E-state index in [0.717, 1.165) is 24.5 Å². The fourth-order valence-electron chi connectivity index (χ4n) is 2.61. The summed E-state index contributed by atoms with van der Waals surface area (Å²) in [5, 5.41) is 3.62. The van der Waals surface area contributed by atoms with Crippen LogP contribution in [0.3, 0.4) is 0 Å². The lowest BCUT2D eigenvalue weighted by molar-refractivity contribution is 0.151. The monoisotopic (exact) mass is 226 g/mol. The Morgan fingerprint density at radius 3 is 2.88 bits per heavy atom. The van der Waals surface area contributed by atoms with Gasteiger partial charge in [0.15, 0.2) is 0 Å². The summed E-state index contributed by atoms with van der Waals surface area (Å²) >= 11 is 0. The zero-order chi connectivity index (χ0) is 11.4. The van der Waals surface area contributed by atoms with Crippen molar-refractivity contribution < 1.29 is 4.74 Å². The molecule has 1 saturated carbocycles. The molecule has 3 heteroatoms. The van der Waals surface area contributed by atoms with E-state index in [4.69, 9.17) is 4.74 Å². The van der Waals surface area contributed by atoms with E-state index in [2.05, 4.69) is 17.1 Å². The Hall–Kier alpha value is -0.120. The van der Waals surface area contributed by atoms with Crippen LogP contribution in [0.25, 0.3) is 0 Å². The minimum absolute atomic E-state index is 0.772. The summed E-state index contributed by atoms with van der Waals surface area (Å²) in [4.78, 5) is 2.60. The Balaban J connectivity index is 1.57. The van der Waals surface area contributed by atoms with Gasteiger partial charge in [-0.25, -0.2) is 0 Å². The largest absolute Gasteiger partial charge is 0.384 e. The minimum Gasteiger partial charge on any atom is -0.384 e. The fraction of sp³-hybridized carbons (Fsp3) is 1.00. The average molecular weight is 226 g/mol. The lowest BCUT2D eigenvalue weighted by Crippen LogP contribution is -2.33. The second-order valence-electron chi connectivity index (χ2n) is 5.66. The summed E-state index contributed by atoms with van der Waals surface area (Å²) < 4.78 is 5.23. The summed E-state index contributed by atoms with van der Waals surface area (Å²) in [6.07, 6.45) is 4.11. The van der Waals surface area contributed by atoms with Gasteiger partial charge in [-0.05, 0) is 44.2 Å². The number of hydrogen-bond donors (Lipinski definition) is 1. The van der Waals surface area contributed by atoms with Crippen LogP contribution in [0.2, 0.25) is 0 Å². The van der Waals surface area contributed by atoms with Crippen LogP contribution >= 0.6 is 0 Å². The van der Waals surface area contributed by atoms with Crippen molar-refractivity contribution in [2.24, 2.45) is 11.8 Å². The molecule has 1 aliphatic carbocycles. The van der Waals surface area contributed by atoms with Crippen molar-refractivity contribution >= 4 is 0 Å². The predicted molar refractivity (Wildman–Crippen MR) is 66.6 cm³/mol. The first-order chi connectivity index (χ1) is 7.78. The van der Waals surface area contributed by atoms with Crippen LogP contribution in [0.15, 0.2) is 0 Å². The van der Waals surface area contributed by atoms with Crippen LogP contribution in [-0.2, 0) is 4.74 Å². The van der Waals surface area contributed by atoms with Crippen LogP contribution in [0.5, 0.6) is 0 Å². The zero-order valence-electron chi connectivity index (χ0n) is 10.7. The molecule has 0 aromatic carbocycles. The van der Waals surface area contributed by atoms with Gasteiger partial charge in [-0.15, -0.1) is 0 Å². The van der Waals surface area contributed by atoms with E-state index >= 15 is 0 Å². The Morgan fingerprint density at radius 1 is 1.38 bits per heavy atom. The molecular formula is C13H26N2O. The number of methoxy groups -OCH3 is 1. The van der Waals surface area contributed by atoms with Gasteiger partial charge >= 0.3 is 0 Å². The molecule has 0 amide bonds. The van der Waals surface area contributed by atoms with Gasteiger partial charge in [-0.3, -0.25) is 0 Å². The van der Waals surface area contributed by atoms with Gasteiger partial charge in [0.1, 0.15) is 0 Å². The highest BCUT2D eigenvalue weighted by Crippen LogP contribution is 2.20. The highest BCUT2D eigenvalue weighted by atomic mass is 16.5. The lowest BCUT2D eigenvalue weighted by atomic mass is 10.1. The number of rotatable bonds is 7. The van der Waals surface area contributed by atoms with Gasteiger partial charge in [-0.1, -0.05) is 6.92 Å². The van der Waals surface area contributed by atoms with E-state index in [0.29, 0.717) is 0 Å². The van der Waals surface area contributed by atoms with E-state index in [-0.39, 0.29) is 0 Å². The zero-order valence-corrected chi connectivity index (χ0v) is 10.7. The van der Waals surface area contributed by atoms with Crippen molar-refractivity contribution in [3.63, 3.8) is 0 Å². The van der Waals surface area contributed by atoms with Crippen LogP contribution in [0.1, 0.15) is 26.2 Å². The molecule has 0 bridgehead atoms. The van der Waals surface area contributed by atoms with Crippen molar-refractivity contribution in [3.05, 3.63) is 0 Å². The first-order valence-corrected chi connectivity index (χ1v) is 6.72. The van der Waals surface area contributed by atoms with E-state index in [9.17, 15) is 0 Å². The van der Waals surface area contributed by atoms with Crippen LogP contribution in [-0.4, -0.2) is 50.8 Å². The van der Waals surface area contributed by atoms with Crippen LogP contribution in [0.4, 0.5) is 0 Å². The topological polar surface area (TPSA) is 24.5 Å². The Labute approximate surface area is 99.5 Å². The Morgan fingerprint density at radius 2 is 2.19 bits per heavy atom. The van der Waals surface area contributed by atoms with Gasteiger partial charge < -0.3 is 15.0 Å². The molecule has 16 heavy (non-hydrogen) atoms. The fourth-order valence-corrected chi connectivity index (χ4v) is 2.61. The molecule has 0 aromatic heterocycles. The third kappa shape index (κ3) is 4.04. The van der Waals surface area contributed by atoms with Crippen molar-refractivity contribution in [2.45, 2.75) is 32.2 Å². The highest BCUT2D eigenvalue weighted by molar-refractivity contribution is 4.82. The van der Waals surface area contributed by atoms with Gasteiger partial charge in [-0.2, -0.15) is 0 Å². The molecule has 2 fully saturated rings. The molecule has 94 valence electrons. The van der Waals surface area contributed by atoms with Gasteiger partial charge in [0.25, 0.3) is 0 Å². The summed E-state index contributed by atoms with van der Waals surface area (Å²) in [6, 6.07) is 0.849. The highest BCUT2D eigenvalue weighted by Gasteiger charge is 2.24. The molecule has 2 aliphatic rings. The third-order valence-electron chi connectivity index (χ3n) is 3.67. The summed E-state index contributed by atoms with van der Waals surface area (Å²) in [5.41, 5.74) is 0.